The van der Waals surface area contributed by atoms with Gasteiger partial charge in [-0.05, 0) is 48.7 Å². The molecule has 0 fully saturated rings. The summed E-state index contributed by atoms with van der Waals surface area (Å²) in [5.41, 5.74) is 2.46. The number of hydrogen-bond acceptors (Lipinski definition) is 10. The zero-order valence-corrected chi connectivity index (χ0v) is 24.7. The van der Waals surface area contributed by atoms with Gasteiger partial charge in [-0.1, -0.05) is 35.6 Å². The van der Waals surface area contributed by atoms with E-state index >= 15 is 0 Å². The molecule has 3 aromatic heterocycles. The molecule has 0 bridgehead atoms. The number of hydrogen-bond donors (Lipinski definition) is 0. The highest BCUT2D eigenvalue weighted by atomic mass is 32.1. The number of nitro groups is 1. The van der Waals surface area contributed by atoms with Crippen molar-refractivity contribution in [1.29, 1.82) is 0 Å². The van der Waals surface area contributed by atoms with E-state index in [2.05, 4.69) is 4.99 Å². The topological polar surface area (TPSA) is 131 Å². The van der Waals surface area contributed by atoms with Crippen LogP contribution in [0.2, 0.25) is 0 Å². The molecular formula is C30H23N5O6S2. The number of carbonyl (C=O) groups is 1. The van der Waals surface area contributed by atoms with Gasteiger partial charge < -0.3 is 9.47 Å². The predicted molar refractivity (Wildman–Crippen MR) is 162 cm³/mol. The molecule has 0 amide bonds. The minimum absolute atomic E-state index is 0.122. The fourth-order valence-electron chi connectivity index (χ4n) is 4.96. The first-order chi connectivity index (χ1) is 20.8. The van der Waals surface area contributed by atoms with Gasteiger partial charge in [0.25, 0.3) is 5.56 Å². The van der Waals surface area contributed by atoms with Crippen molar-refractivity contribution in [3.63, 3.8) is 0 Å². The molecule has 0 aliphatic carbocycles. The number of para-hydroxylation sites is 1. The van der Waals surface area contributed by atoms with E-state index in [0.717, 1.165) is 10.6 Å². The van der Waals surface area contributed by atoms with E-state index < -0.39 is 16.9 Å². The molecule has 11 nitrogen and oxygen atoms in total. The average Bonchev–Trinajstić information content (AvgIpc) is 3.76. The first-order valence-electron chi connectivity index (χ1n) is 12.9. The summed E-state index contributed by atoms with van der Waals surface area (Å²) in [5.74, 6) is -0.432. The second-order valence-electron chi connectivity index (χ2n) is 9.45. The summed E-state index contributed by atoms with van der Waals surface area (Å²) in [4.78, 5) is 44.0. The Kier molecular flexibility index (Phi) is 7.34. The van der Waals surface area contributed by atoms with Gasteiger partial charge in [0.05, 0.1) is 40.6 Å². The summed E-state index contributed by atoms with van der Waals surface area (Å²) >= 11 is 2.62. The Labute approximate surface area is 252 Å². The Morgan fingerprint density at radius 1 is 1.12 bits per heavy atom. The lowest BCUT2D eigenvalue weighted by atomic mass is 10.0. The summed E-state index contributed by atoms with van der Waals surface area (Å²) in [6, 6.07) is 17.0. The third kappa shape index (κ3) is 4.98. The zero-order valence-electron chi connectivity index (χ0n) is 23.1. The van der Waals surface area contributed by atoms with Crippen molar-refractivity contribution in [1.82, 2.24) is 14.3 Å². The van der Waals surface area contributed by atoms with Crippen LogP contribution in [0.25, 0.3) is 23.0 Å². The van der Waals surface area contributed by atoms with Crippen LogP contribution < -0.4 is 19.6 Å². The van der Waals surface area contributed by atoms with Gasteiger partial charge >= 0.3 is 11.7 Å². The molecule has 2 aromatic carbocycles. The van der Waals surface area contributed by atoms with Gasteiger partial charge in [-0.3, -0.25) is 19.5 Å². The van der Waals surface area contributed by atoms with E-state index in [1.54, 1.807) is 29.9 Å². The zero-order chi connectivity index (χ0) is 30.2. The Hall–Kier alpha value is -5.14. The maximum atomic E-state index is 14.0. The second kappa shape index (κ2) is 11.3. The molecule has 0 unspecified atom stereocenters. The lowest BCUT2D eigenvalue weighted by Crippen LogP contribution is -2.39. The summed E-state index contributed by atoms with van der Waals surface area (Å²) in [6.07, 6.45) is 3.46. The molecule has 43 heavy (non-hydrogen) atoms. The van der Waals surface area contributed by atoms with Gasteiger partial charge in [-0.25, -0.2) is 14.5 Å². The molecule has 4 heterocycles. The van der Waals surface area contributed by atoms with E-state index in [-0.39, 0.29) is 17.0 Å². The van der Waals surface area contributed by atoms with Crippen LogP contribution >= 0.6 is 22.7 Å². The van der Waals surface area contributed by atoms with Crippen molar-refractivity contribution in [2.45, 2.75) is 13.0 Å². The van der Waals surface area contributed by atoms with Crippen LogP contribution in [0.4, 0.5) is 5.69 Å². The molecule has 0 saturated carbocycles. The number of fused-ring (bicyclic) bond motifs is 1. The number of methoxy groups -OCH3 is 2. The lowest BCUT2D eigenvalue weighted by Gasteiger charge is -2.22. The summed E-state index contributed by atoms with van der Waals surface area (Å²) in [6.45, 7) is 1.72. The minimum Gasteiger partial charge on any atom is -0.490 e. The summed E-state index contributed by atoms with van der Waals surface area (Å²) < 4.78 is 13.8. The van der Waals surface area contributed by atoms with Crippen LogP contribution in [0.1, 0.15) is 23.4 Å². The molecule has 6 rings (SSSR count). The van der Waals surface area contributed by atoms with Crippen LogP contribution in [-0.4, -0.2) is 39.5 Å². The normalized spacial score (nSPS) is 14.8. The number of rotatable bonds is 7. The summed E-state index contributed by atoms with van der Waals surface area (Å²) in [7, 11) is 2.67. The molecule has 0 saturated heterocycles. The van der Waals surface area contributed by atoms with Gasteiger partial charge in [-0.15, -0.1) is 11.3 Å². The Bertz CT molecular complexity index is 2090. The monoisotopic (exact) mass is 613 g/mol. The Morgan fingerprint density at radius 2 is 1.91 bits per heavy atom. The van der Waals surface area contributed by atoms with Gasteiger partial charge in [0, 0.05) is 28.3 Å². The third-order valence-corrected chi connectivity index (χ3v) is 8.85. The van der Waals surface area contributed by atoms with Crippen LogP contribution in [-0.2, 0) is 9.53 Å². The second-order valence-corrected chi connectivity index (χ2v) is 11.4. The van der Waals surface area contributed by atoms with Crippen molar-refractivity contribution in [2.75, 3.05) is 14.2 Å². The van der Waals surface area contributed by atoms with E-state index in [1.165, 1.54) is 53.6 Å². The van der Waals surface area contributed by atoms with E-state index in [1.807, 2.05) is 47.8 Å². The highest BCUT2D eigenvalue weighted by molar-refractivity contribution is 7.10. The lowest BCUT2D eigenvalue weighted by molar-refractivity contribution is -0.385. The number of nitrogens with zero attached hydrogens (tertiary/aromatic N) is 5. The van der Waals surface area contributed by atoms with Gasteiger partial charge in [0.2, 0.25) is 0 Å². The van der Waals surface area contributed by atoms with Gasteiger partial charge in [0.1, 0.15) is 11.7 Å². The molecule has 1 aliphatic heterocycles. The van der Waals surface area contributed by atoms with Gasteiger partial charge in [-0.2, -0.15) is 5.10 Å². The maximum absolute atomic E-state index is 14.0. The largest absolute Gasteiger partial charge is 0.490 e. The number of aromatic nitrogens is 3. The van der Waals surface area contributed by atoms with Crippen molar-refractivity contribution in [3.8, 4) is 22.7 Å². The highest BCUT2D eigenvalue weighted by Gasteiger charge is 2.33. The van der Waals surface area contributed by atoms with Crippen LogP contribution in [0, 0.1) is 10.1 Å². The first-order valence-corrected chi connectivity index (χ1v) is 14.6. The van der Waals surface area contributed by atoms with E-state index in [0.29, 0.717) is 37.4 Å². The van der Waals surface area contributed by atoms with Crippen molar-refractivity contribution < 1.29 is 19.2 Å². The molecule has 0 N–H and O–H groups in total. The summed E-state index contributed by atoms with van der Waals surface area (Å²) in [5, 5.41) is 18.4. The molecule has 216 valence electrons. The number of thiazole rings is 1. The molecule has 13 heteroatoms. The minimum atomic E-state index is -0.693. The van der Waals surface area contributed by atoms with E-state index in [9.17, 15) is 19.7 Å². The Balaban J connectivity index is 1.58. The number of esters is 1. The number of benzene rings is 2. The Morgan fingerprint density at radius 3 is 2.58 bits per heavy atom. The molecule has 5 aromatic rings. The molecule has 0 spiro atoms. The van der Waals surface area contributed by atoms with Crippen molar-refractivity contribution >= 4 is 40.4 Å². The fourth-order valence-corrected chi connectivity index (χ4v) is 6.82. The molecule has 1 aliphatic rings. The number of nitro benzene ring substituents is 1. The van der Waals surface area contributed by atoms with Crippen LogP contribution in [0.5, 0.6) is 5.75 Å². The standard InChI is InChI=1S/C30H23N5O6S2/c1-17-25(29(37)41-3)27(23-10-7-13-42-23)34-28(36)24(43-30(34)31-17)15-19-16-33(20-8-5-4-6-9-20)32-26(19)18-11-12-22(40-2)21(14-18)35(38)39/h4-16,27H,1-3H3/b24-15+/t27-/m0/s1. The molecular weight excluding hydrogens is 590 g/mol. The first kappa shape index (κ1) is 28.0. The van der Waals surface area contributed by atoms with E-state index in [4.69, 9.17) is 14.6 Å². The smallest absolute Gasteiger partial charge is 0.338 e. The molecule has 1 atom stereocenters. The number of carbonyl (C=O) groups excluding carboxylic acids is 1. The van der Waals surface area contributed by atoms with Crippen molar-refractivity contribution in [3.05, 3.63) is 124 Å². The van der Waals surface area contributed by atoms with Crippen LogP contribution in [0.15, 0.2) is 93.3 Å². The SMILES string of the molecule is COC(=O)C1=C(C)N=c2s/c(=C/c3cn(-c4ccccc4)nc3-c3ccc(OC)c([N+](=O)[O-])c3)c(=O)n2[C@H]1c1cccs1. The van der Waals surface area contributed by atoms with Crippen molar-refractivity contribution in [2.24, 2.45) is 4.99 Å². The predicted octanol–water partition coefficient (Wildman–Crippen LogP) is 4.24. The highest BCUT2D eigenvalue weighted by Crippen LogP contribution is 2.35. The number of allylic oxidation sites excluding steroid dienone is 1. The third-order valence-electron chi connectivity index (χ3n) is 6.94. The van der Waals surface area contributed by atoms with Gasteiger partial charge in [0.15, 0.2) is 10.6 Å². The fraction of sp³-hybridized carbons (Fsp3) is 0.133. The number of ether oxygens (including phenoxy) is 2. The molecule has 0 radical (unpaired) electrons. The average molecular weight is 614 g/mol. The number of thiophene rings is 1. The quantitative estimate of drug-likeness (QED) is 0.152. The van der Waals surface area contributed by atoms with Crippen LogP contribution in [0.3, 0.4) is 0 Å². The maximum Gasteiger partial charge on any atom is 0.338 e.